The van der Waals surface area contributed by atoms with Gasteiger partial charge < -0.3 is 4.74 Å². The first-order chi connectivity index (χ1) is 7.15. The molecule has 86 valence electrons. The minimum Gasteiger partial charge on any atom is -0.466 e. The SMILES string of the molecule is C=CC(=O)CC(CCSC)C(=O)OCC. The molecule has 0 heterocycles. The fraction of sp³-hybridized carbons (Fsp3) is 0.636. The number of carbonyl (C=O) groups is 2. The fourth-order valence-corrected chi connectivity index (χ4v) is 1.67. The Morgan fingerprint density at radius 3 is 2.67 bits per heavy atom. The van der Waals surface area contributed by atoms with Crippen LogP contribution in [0, 0.1) is 5.92 Å². The molecular weight excluding hydrogens is 212 g/mol. The van der Waals surface area contributed by atoms with Crippen molar-refractivity contribution >= 4 is 23.5 Å². The normalized spacial score (nSPS) is 11.9. The molecule has 0 aromatic carbocycles. The number of ketones is 1. The highest BCUT2D eigenvalue weighted by molar-refractivity contribution is 7.98. The Kier molecular flexibility index (Phi) is 8.09. The topological polar surface area (TPSA) is 43.4 Å². The number of carbonyl (C=O) groups excluding carboxylic acids is 2. The second kappa shape index (κ2) is 8.53. The summed E-state index contributed by atoms with van der Waals surface area (Å²) in [7, 11) is 0. The van der Waals surface area contributed by atoms with Crippen LogP contribution in [-0.4, -0.2) is 30.4 Å². The summed E-state index contributed by atoms with van der Waals surface area (Å²) in [5.41, 5.74) is 0. The van der Waals surface area contributed by atoms with Crippen LogP contribution in [0.25, 0.3) is 0 Å². The maximum atomic E-state index is 11.5. The Balaban J connectivity index is 4.22. The van der Waals surface area contributed by atoms with Crippen LogP contribution >= 0.6 is 11.8 Å². The minimum absolute atomic E-state index is 0.103. The van der Waals surface area contributed by atoms with Gasteiger partial charge in [0, 0.05) is 6.42 Å². The molecule has 0 fully saturated rings. The van der Waals surface area contributed by atoms with E-state index in [9.17, 15) is 9.59 Å². The van der Waals surface area contributed by atoms with E-state index >= 15 is 0 Å². The molecule has 0 aliphatic heterocycles. The van der Waals surface area contributed by atoms with Crippen LogP contribution in [0.2, 0.25) is 0 Å². The third-order valence-corrected chi connectivity index (χ3v) is 2.61. The van der Waals surface area contributed by atoms with Crippen molar-refractivity contribution in [1.82, 2.24) is 0 Å². The molecule has 0 spiro atoms. The van der Waals surface area contributed by atoms with Gasteiger partial charge in [0.25, 0.3) is 0 Å². The van der Waals surface area contributed by atoms with E-state index in [1.165, 1.54) is 6.08 Å². The predicted octanol–water partition coefficient (Wildman–Crippen LogP) is 2.06. The molecule has 0 aromatic heterocycles. The molecule has 4 heteroatoms. The van der Waals surface area contributed by atoms with Crippen LogP contribution in [0.4, 0.5) is 0 Å². The first-order valence-electron chi connectivity index (χ1n) is 4.96. The van der Waals surface area contributed by atoms with Crippen molar-refractivity contribution in [2.24, 2.45) is 5.92 Å². The summed E-state index contributed by atoms with van der Waals surface area (Å²) in [5, 5.41) is 0. The van der Waals surface area contributed by atoms with Gasteiger partial charge in [-0.15, -0.1) is 0 Å². The molecule has 0 saturated heterocycles. The van der Waals surface area contributed by atoms with E-state index in [-0.39, 0.29) is 24.1 Å². The highest BCUT2D eigenvalue weighted by Gasteiger charge is 2.21. The number of hydrogen-bond donors (Lipinski definition) is 0. The van der Waals surface area contributed by atoms with Gasteiger partial charge in [-0.25, -0.2) is 0 Å². The van der Waals surface area contributed by atoms with Crippen molar-refractivity contribution in [3.8, 4) is 0 Å². The van der Waals surface area contributed by atoms with E-state index in [2.05, 4.69) is 6.58 Å². The van der Waals surface area contributed by atoms with E-state index in [0.717, 1.165) is 5.75 Å². The van der Waals surface area contributed by atoms with Crippen molar-refractivity contribution in [3.05, 3.63) is 12.7 Å². The number of rotatable bonds is 8. The molecule has 0 aliphatic carbocycles. The Morgan fingerprint density at radius 2 is 2.20 bits per heavy atom. The Morgan fingerprint density at radius 1 is 1.53 bits per heavy atom. The highest BCUT2D eigenvalue weighted by Crippen LogP contribution is 2.14. The van der Waals surface area contributed by atoms with Crippen molar-refractivity contribution < 1.29 is 14.3 Å². The molecule has 1 atom stereocenters. The molecule has 0 rings (SSSR count). The fourth-order valence-electron chi connectivity index (χ4n) is 1.15. The van der Waals surface area contributed by atoms with Crippen LogP contribution < -0.4 is 0 Å². The van der Waals surface area contributed by atoms with Crippen LogP contribution in [-0.2, 0) is 14.3 Å². The van der Waals surface area contributed by atoms with Gasteiger partial charge >= 0.3 is 5.97 Å². The Hall–Kier alpha value is -0.770. The average Bonchev–Trinajstić information content (AvgIpc) is 2.24. The van der Waals surface area contributed by atoms with Crippen LogP contribution in [0.1, 0.15) is 19.8 Å². The molecular formula is C11H18O3S. The summed E-state index contributed by atoms with van der Waals surface area (Å²) >= 11 is 1.66. The molecule has 0 saturated carbocycles. The lowest BCUT2D eigenvalue weighted by molar-refractivity contribution is -0.149. The smallest absolute Gasteiger partial charge is 0.309 e. The average molecular weight is 230 g/mol. The van der Waals surface area contributed by atoms with Crippen LogP contribution in [0.5, 0.6) is 0 Å². The van der Waals surface area contributed by atoms with Gasteiger partial charge in [-0.1, -0.05) is 6.58 Å². The van der Waals surface area contributed by atoms with Gasteiger partial charge in [0.2, 0.25) is 0 Å². The molecule has 0 amide bonds. The molecule has 3 nitrogen and oxygen atoms in total. The lowest BCUT2D eigenvalue weighted by atomic mass is 10.00. The lowest BCUT2D eigenvalue weighted by Crippen LogP contribution is -2.21. The number of esters is 1. The molecule has 0 aromatic rings. The molecule has 1 unspecified atom stereocenters. The summed E-state index contributed by atoms with van der Waals surface area (Å²) < 4.78 is 4.91. The summed E-state index contributed by atoms with van der Waals surface area (Å²) in [5.74, 6) is 0.160. The molecule has 15 heavy (non-hydrogen) atoms. The van der Waals surface area contributed by atoms with E-state index in [0.29, 0.717) is 13.0 Å². The lowest BCUT2D eigenvalue weighted by Gasteiger charge is -2.13. The predicted molar refractivity (Wildman–Crippen MR) is 62.9 cm³/mol. The summed E-state index contributed by atoms with van der Waals surface area (Å²) in [6, 6.07) is 0. The second-order valence-electron chi connectivity index (χ2n) is 3.11. The van der Waals surface area contributed by atoms with Gasteiger partial charge in [0.15, 0.2) is 5.78 Å². The third-order valence-electron chi connectivity index (χ3n) is 1.97. The summed E-state index contributed by atoms with van der Waals surface area (Å²) in [6.45, 7) is 5.51. The van der Waals surface area contributed by atoms with E-state index in [1.54, 1.807) is 18.7 Å². The maximum absolute atomic E-state index is 11.5. The number of ether oxygens (including phenoxy) is 1. The zero-order valence-corrected chi connectivity index (χ0v) is 10.1. The minimum atomic E-state index is -0.317. The van der Waals surface area contributed by atoms with Gasteiger partial charge in [0.05, 0.1) is 12.5 Å². The largest absolute Gasteiger partial charge is 0.466 e. The zero-order valence-electron chi connectivity index (χ0n) is 9.32. The molecule has 0 aliphatic rings. The monoisotopic (exact) mass is 230 g/mol. The quantitative estimate of drug-likeness (QED) is 0.473. The number of thioether (sulfide) groups is 1. The standard InChI is InChI=1S/C11H18O3S/c1-4-10(12)8-9(6-7-15-3)11(13)14-5-2/h4,9H,1,5-8H2,2-3H3. The Labute approximate surface area is 95.3 Å². The highest BCUT2D eigenvalue weighted by atomic mass is 32.2. The van der Waals surface area contributed by atoms with Crippen molar-refractivity contribution in [2.75, 3.05) is 18.6 Å². The van der Waals surface area contributed by atoms with Crippen LogP contribution in [0.15, 0.2) is 12.7 Å². The van der Waals surface area contributed by atoms with E-state index in [4.69, 9.17) is 4.74 Å². The third kappa shape index (κ3) is 6.33. The van der Waals surface area contributed by atoms with Crippen molar-refractivity contribution in [1.29, 1.82) is 0 Å². The number of allylic oxidation sites excluding steroid dienone is 1. The zero-order chi connectivity index (χ0) is 11.7. The van der Waals surface area contributed by atoms with Gasteiger partial charge in [-0.3, -0.25) is 9.59 Å². The van der Waals surface area contributed by atoms with Crippen LogP contribution in [0.3, 0.4) is 0 Å². The van der Waals surface area contributed by atoms with Crippen molar-refractivity contribution in [2.45, 2.75) is 19.8 Å². The molecule has 0 radical (unpaired) electrons. The van der Waals surface area contributed by atoms with Gasteiger partial charge in [0.1, 0.15) is 0 Å². The maximum Gasteiger partial charge on any atom is 0.309 e. The van der Waals surface area contributed by atoms with Gasteiger partial charge in [-0.2, -0.15) is 11.8 Å². The van der Waals surface area contributed by atoms with Crippen molar-refractivity contribution in [3.63, 3.8) is 0 Å². The van der Waals surface area contributed by atoms with E-state index < -0.39 is 0 Å². The first kappa shape index (κ1) is 14.2. The molecule has 0 N–H and O–H groups in total. The summed E-state index contributed by atoms with van der Waals surface area (Å²) in [6.07, 6.45) is 4.12. The first-order valence-corrected chi connectivity index (χ1v) is 6.35. The van der Waals surface area contributed by atoms with E-state index in [1.807, 2.05) is 6.26 Å². The summed E-state index contributed by atoms with van der Waals surface area (Å²) in [4.78, 5) is 22.6. The molecule has 0 bridgehead atoms. The Bertz CT molecular complexity index is 226. The van der Waals surface area contributed by atoms with Gasteiger partial charge in [-0.05, 0) is 31.4 Å². The second-order valence-corrected chi connectivity index (χ2v) is 4.09. The number of hydrogen-bond acceptors (Lipinski definition) is 4.